The fourth-order valence-electron chi connectivity index (χ4n) is 2.59. The van der Waals surface area contributed by atoms with Crippen LogP contribution in [0.5, 0.6) is 11.5 Å². The van der Waals surface area contributed by atoms with Gasteiger partial charge in [0.25, 0.3) is 5.91 Å². The van der Waals surface area contributed by atoms with Crippen molar-refractivity contribution < 1.29 is 24.0 Å². The molecule has 1 aromatic heterocycles. The van der Waals surface area contributed by atoms with Crippen LogP contribution in [-0.4, -0.2) is 28.8 Å². The van der Waals surface area contributed by atoms with E-state index in [1.807, 2.05) is 0 Å². The van der Waals surface area contributed by atoms with E-state index in [0.717, 1.165) is 23.2 Å². The molecule has 0 aliphatic heterocycles. The van der Waals surface area contributed by atoms with Crippen molar-refractivity contribution in [2.75, 3.05) is 6.61 Å². The number of nitrogens with zero attached hydrogens (tertiary/aromatic N) is 2. The number of nitro groups is 1. The third-order valence-corrected chi connectivity index (χ3v) is 4.18. The van der Waals surface area contributed by atoms with Gasteiger partial charge in [-0.25, -0.2) is 10.2 Å². The average Bonchev–Trinajstić information content (AvgIpc) is 2.68. The molecular weight excluding hydrogens is 418 g/mol. The molecule has 3 aromatic rings. The van der Waals surface area contributed by atoms with E-state index in [1.165, 1.54) is 18.2 Å². The predicted molar refractivity (Wildman–Crippen MR) is 108 cm³/mol. The first-order chi connectivity index (χ1) is 14.2. The Morgan fingerprint density at radius 1 is 1.37 bits per heavy atom. The number of amides is 1. The SMILES string of the molecule is Cc1cc(=O)oc2cc(OCC(=O)N/N=C/c3cc(Cl)cc([N+](=O)[O-])c3O)ccc12. The van der Waals surface area contributed by atoms with E-state index in [9.17, 15) is 24.8 Å². The zero-order chi connectivity index (χ0) is 21.8. The molecule has 2 N–H and O–H groups in total. The molecule has 11 heteroatoms. The highest BCUT2D eigenvalue weighted by Crippen LogP contribution is 2.32. The summed E-state index contributed by atoms with van der Waals surface area (Å²) >= 11 is 5.77. The number of benzene rings is 2. The van der Waals surface area contributed by atoms with E-state index >= 15 is 0 Å². The van der Waals surface area contributed by atoms with Crippen LogP contribution in [0.25, 0.3) is 11.0 Å². The molecule has 1 heterocycles. The first kappa shape index (κ1) is 20.8. The largest absolute Gasteiger partial charge is 0.502 e. The van der Waals surface area contributed by atoms with Gasteiger partial charge in [0.1, 0.15) is 11.3 Å². The summed E-state index contributed by atoms with van der Waals surface area (Å²) in [7, 11) is 0. The van der Waals surface area contributed by atoms with Gasteiger partial charge in [0, 0.05) is 34.2 Å². The molecule has 3 rings (SSSR count). The van der Waals surface area contributed by atoms with Crippen LogP contribution < -0.4 is 15.8 Å². The summed E-state index contributed by atoms with van der Waals surface area (Å²) in [4.78, 5) is 33.4. The third-order valence-electron chi connectivity index (χ3n) is 3.97. The number of carbonyl (C=O) groups is 1. The third kappa shape index (κ3) is 4.73. The smallest absolute Gasteiger partial charge is 0.336 e. The van der Waals surface area contributed by atoms with Crippen LogP contribution in [0.15, 0.2) is 50.7 Å². The molecule has 30 heavy (non-hydrogen) atoms. The number of hydrazone groups is 1. The van der Waals surface area contributed by atoms with Crippen molar-refractivity contribution in [1.82, 2.24) is 5.43 Å². The zero-order valence-corrected chi connectivity index (χ0v) is 16.2. The minimum atomic E-state index is -0.794. The molecule has 0 bridgehead atoms. The van der Waals surface area contributed by atoms with Gasteiger partial charge in [-0.1, -0.05) is 11.6 Å². The van der Waals surface area contributed by atoms with Crippen molar-refractivity contribution in [2.24, 2.45) is 5.10 Å². The molecule has 0 spiro atoms. The van der Waals surface area contributed by atoms with Crippen molar-refractivity contribution in [3.05, 3.63) is 73.1 Å². The highest BCUT2D eigenvalue weighted by molar-refractivity contribution is 6.31. The number of aryl methyl sites for hydroxylation is 1. The van der Waals surface area contributed by atoms with Gasteiger partial charge in [-0.05, 0) is 30.7 Å². The number of halogens is 1. The Morgan fingerprint density at radius 3 is 2.87 bits per heavy atom. The number of phenols is 1. The van der Waals surface area contributed by atoms with Gasteiger partial charge < -0.3 is 14.3 Å². The van der Waals surface area contributed by atoms with E-state index < -0.39 is 34.5 Å². The van der Waals surface area contributed by atoms with E-state index in [1.54, 1.807) is 19.1 Å². The van der Waals surface area contributed by atoms with Crippen LogP contribution in [-0.2, 0) is 4.79 Å². The second-order valence-corrected chi connectivity index (χ2v) is 6.54. The second-order valence-electron chi connectivity index (χ2n) is 6.11. The van der Waals surface area contributed by atoms with Crippen molar-refractivity contribution in [2.45, 2.75) is 6.92 Å². The Morgan fingerprint density at radius 2 is 2.13 bits per heavy atom. The fraction of sp³-hybridized carbons (Fsp3) is 0.105. The van der Waals surface area contributed by atoms with E-state index in [-0.39, 0.29) is 10.6 Å². The zero-order valence-electron chi connectivity index (χ0n) is 15.4. The molecule has 2 aromatic carbocycles. The van der Waals surface area contributed by atoms with E-state index in [4.69, 9.17) is 20.8 Å². The number of hydrogen-bond acceptors (Lipinski definition) is 8. The lowest BCUT2D eigenvalue weighted by Crippen LogP contribution is -2.24. The summed E-state index contributed by atoms with van der Waals surface area (Å²) in [6.07, 6.45) is 1.01. The Bertz CT molecular complexity index is 1240. The number of nitro benzene ring substituents is 1. The first-order valence-electron chi connectivity index (χ1n) is 8.40. The monoisotopic (exact) mass is 431 g/mol. The number of fused-ring (bicyclic) bond motifs is 1. The molecule has 0 saturated heterocycles. The van der Waals surface area contributed by atoms with Crippen LogP contribution in [0, 0.1) is 17.0 Å². The molecule has 0 saturated carbocycles. The van der Waals surface area contributed by atoms with Gasteiger partial charge in [0.15, 0.2) is 6.61 Å². The van der Waals surface area contributed by atoms with Crippen molar-refractivity contribution >= 4 is 40.4 Å². The maximum atomic E-state index is 11.9. The molecule has 1 amide bonds. The molecule has 0 unspecified atom stereocenters. The fourth-order valence-corrected chi connectivity index (χ4v) is 2.81. The van der Waals surface area contributed by atoms with Gasteiger partial charge in [-0.15, -0.1) is 0 Å². The van der Waals surface area contributed by atoms with Gasteiger partial charge in [0.2, 0.25) is 5.75 Å². The predicted octanol–water partition coefficient (Wildman–Crippen LogP) is 2.90. The number of aromatic hydroxyl groups is 1. The highest BCUT2D eigenvalue weighted by atomic mass is 35.5. The standard InChI is InChI=1S/C19H14ClN3O7/c1-10-4-18(25)30-16-7-13(2-3-14(10)16)29-9-17(24)22-21-8-11-5-12(20)6-15(19(11)26)23(27)28/h2-8,26H,9H2,1H3,(H,22,24)/b21-8+. The Balaban J connectivity index is 1.64. The molecule has 0 radical (unpaired) electrons. The lowest BCUT2D eigenvalue weighted by molar-refractivity contribution is -0.385. The second kappa shape index (κ2) is 8.62. The average molecular weight is 432 g/mol. The van der Waals surface area contributed by atoms with E-state index in [0.29, 0.717) is 11.3 Å². The summed E-state index contributed by atoms with van der Waals surface area (Å²) in [6.45, 7) is 1.37. The van der Waals surface area contributed by atoms with Gasteiger partial charge in [-0.2, -0.15) is 5.10 Å². The van der Waals surface area contributed by atoms with Crippen molar-refractivity contribution in [3.8, 4) is 11.5 Å². The van der Waals surface area contributed by atoms with Gasteiger partial charge in [0.05, 0.1) is 11.1 Å². The van der Waals surface area contributed by atoms with Crippen LogP contribution in [0.4, 0.5) is 5.69 Å². The lowest BCUT2D eigenvalue weighted by atomic mass is 10.1. The summed E-state index contributed by atoms with van der Waals surface area (Å²) in [6, 6.07) is 8.43. The molecule has 0 fully saturated rings. The maximum Gasteiger partial charge on any atom is 0.336 e. The van der Waals surface area contributed by atoms with E-state index in [2.05, 4.69) is 10.5 Å². The van der Waals surface area contributed by atoms with Crippen LogP contribution in [0.1, 0.15) is 11.1 Å². The minimum absolute atomic E-state index is 0.0220. The highest BCUT2D eigenvalue weighted by Gasteiger charge is 2.17. The van der Waals surface area contributed by atoms with Crippen LogP contribution >= 0.6 is 11.6 Å². The molecular formula is C19H14ClN3O7. The molecule has 154 valence electrons. The Kier molecular flexibility index (Phi) is 5.98. The summed E-state index contributed by atoms with van der Waals surface area (Å²) in [5, 5.41) is 25.1. The number of carbonyl (C=O) groups excluding carboxylic acids is 1. The topological polar surface area (TPSA) is 144 Å². The van der Waals surface area contributed by atoms with Gasteiger partial charge in [-0.3, -0.25) is 14.9 Å². The number of hydrogen-bond donors (Lipinski definition) is 2. The molecule has 0 aliphatic rings. The summed E-state index contributed by atoms with van der Waals surface area (Å²) < 4.78 is 10.5. The number of ether oxygens (including phenoxy) is 1. The van der Waals surface area contributed by atoms with Gasteiger partial charge >= 0.3 is 11.3 Å². The summed E-state index contributed by atoms with van der Waals surface area (Å²) in [5.41, 5.74) is 2.12. The lowest BCUT2D eigenvalue weighted by Gasteiger charge is -2.07. The molecule has 0 atom stereocenters. The normalized spacial score (nSPS) is 11.0. The number of nitrogens with one attached hydrogen (secondary N) is 1. The number of phenolic OH excluding ortho intramolecular Hbond substituents is 1. The summed E-state index contributed by atoms with van der Waals surface area (Å²) in [5.74, 6) is -0.960. The van der Waals surface area contributed by atoms with Crippen LogP contribution in [0.3, 0.4) is 0 Å². The van der Waals surface area contributed by atoms with Crippen molar-refractivity contribution in [3.63, 3.8) is 0 Å². The minimum Gasteiger partial charge on any atom is -0.502 e. The maximum absolute atomic E-state index is 11.9. The molecule has 0 aliphatic carbocycles. The van der Waals surface area contributed by atoms with Crippen molar-refractivity contribution in [1.29, 1.82) is 0 Å². The quantitative estimate of drug-likeness (QED) is 0.264. The first-order valence-corrected chi connectivity index (χ1v) is 8.78. The van der Waals surface area contributed by atoms with Crippen LogP contribution in [0.2, 0.25) is 5.02 Å². The molecule has 10 nitrogen and oxygen atoms in total. The Hall–Kier alpha value is -3.92. The number of rotatable bonds is 6. The Labute approximate surface area is 173 Å².